The number of nitrogen functional groups attached to an aromatic ring is 1. The molecule has 3 heterocycles. The van der Waals surface area contributed by atoms with Crippen LogP contribution in [0.2, 0.25) is 0 Å². The first kappa shape index (κ1) is 34.4. The zero-order chi connectivity index (χ0) is 34.0. The monoisotopic (exact) mass is 654 g/mol. The minimum atomic E-state index is -1.17. The molecule has 0 radical (unpaired) electrons. The molecule has 48 heavy (non-hydrogen) atoms. The van der Waals surface area contributed by atoms with Gasteiger partial charge in [-0.25, -0.2) is 0 Å². The number of carbonyl (C=O) groups excluding carboxylic acids is 4. The number of pyridine rings is 1. The summed E-state index contributed by atoms with van der Waals surface area (Å²) in [6, 6.07) is 12.8. The quantitative estimate of drug-likeness (QED) is 0.298. The van der Waals surface area contributed by atoms with Crippen LogP contribution in [0.25, 0.3) is 0 Å². The Kier molecular flexibility index (Phi) is 11.7. The largest absolute Gasteiger partial charge is 0.494 e. The zero-order valence-corrected chi connectivity index (χ0v) is 27.8. The number of carbonyl (C=O) groups is 4. The molecule has 0 spiro atoms. The first-order chi connectivity index (χ1) is 23.1. The summed E-state index contributed by atoms with van der Waals surface area (Å²) in [6.07, 6.45) is 6.58. The molecule has 3 aromatic rings. The van der Waals surface area contributed by atoms with Gasteiger partial charge in [0.05, 0.1) is 19.4 Å². The Labute approximate surface area is 282 Å². The number of fused-ring (bicyclic) bond motifs is 4. The number of ether oxygens (including phenoxy) is 1. The molecule has 2 aliphatic rings. The molecular formula is C37H46N6O5. The molecule has 4 bridgehead atoms. The van der Waals surface area contributed by atoms with Gasteiger partial charge in [0.2, 0.25) is 23.6 Å². The van der Waals surface area contributed by atoms with Crippen LogP contribution in [0.5, 0.6) is 5.75 Å². The molecular weight excluding hydrogens is 608 g/mol. The van der Waals surface area contributed by atoms with Crippen molar-refractivity contribution in [2.45, 2.75) is 77.4 Å². The fraction of sp³-hybridized carbons (Fsp3) is 0.432. The van der Waals surface area contributed by atoms with Crippen LogP contribution in [0.3, 0.4) is 0 Å². The van der Waals surface area contributed by atoms with E-state index in [4.69, 9.17) is 10.5 Å². The lowest BCUT2D eigenvalue weighted by atomic mass is 9.94. The molecule has 254 valence electrons. The molecule has 4 amide bonds. The highest BCUT2D eigenvalue weighted by atomic mass is 16.5. The number of aromatic nitrogens is 1. The van der Waals surface area contributed by atoms with Crippen LogP contribution in [0.15, 0.2) is 60.9 Å². The van der Waals surface area contributed by atoms with Crippen LogP contribution in [-0.2, 0) is 38.6 Å². The van der Waals surface area contributed by atoms with Gasteiger partial charge in [0.15, 0.2) is 0 Å². The van der Waals surface area contributed by atoms with Crippen LogP contribution < -0.4 is 26.4 Å². The minimum Gasteiger partial charge on any atom is -0.494 e. The van der Waals surface area contributed by atoms with Crippen LogP contribution in [0.1, 0.15) is 59.9 Å². The summed E-state index contributed by atoms with van der Waals surface area (Å²) in [6.45, 7) is 5.75. The fourth-order valence-corrected chi connectivity index (χ4v) is 6.35. The number of piperidine rings is 1. The molecule has 2 aliphatic heterocycles. The predicted molar refractivity (Wildman–Crippen MR) is 183 cm³/mol. The van der Waals surface area contributed by atoms with Gasteiger partial charge in [0, 0.05) is 37.7 Å². The molecule has 1 saturated heterocycles. The Morgan fingerprint density at radius 1 is 1.02 bits per heavy atom. The van der Waals surface area contributed by atoms with Crippen LogP contribution in [-0.4, -0.2) is 65.3 Å². The number of nitrogens with zero attached hydrogens (tertiary/aromatic N) is 2. The van der Waals surface area contributed by atoms with E-state index in [1.165, 1.54) is 0 Å². The third kappa shape index (κ3) is 9.56. The summed E-state index contributed by atoms with van der Waals surface area (Å²) < 4.78 is 6.11. The van der Waals surface area contributed by atoms with Crippen molar-refractivity contribution in [2.75, 3.05) is 25.4 Å². The lowest BCUT2D eigenvalue weighted by molar-refractivity contribution is -0.138. The Morgan fingerprint density at radius 3 is 2.62 bits per heavy atom. The number of nitrogens with two attached hydrogens (primary N) is 1. The Balaban J connectivity index is 1.40. The van der Waals surface area contributed by atoms with Gasteiger partial charge < -0.3 is 31.3 Å². The van der Waals surface area contributed by atoms with Crippen molar-refractivity contribution < 1.29 is 23.9 Å². The van der Waals surface area contributed by atoms with E-state index in [-0.39, 0.29) is 37.1 Å². The molecule has 2 unspecified atom stereocenters. The molecule has 1 fully saturated rings. The first-order valence-electron chi connectivity index (χ1n) is 16.8. The molecule has 1 aromatic heterocycles. The van der Waals surface area contributed by atoms with E-state index >= 15 is 0 Å². The van der Waals surface area contributed by atoms with Crippen molar-refractivity contribution in [3.63, 3.8) is 0 Å². The van der Waals surface area contributed by atoms with E-state index in [0.717, 1.165) is 52.8 Å². The third-order valence-electron chi connectivity index (χ3n) is 9.29. The van der Waals surface area contributed by atoms with Gasteiger partial charge in [-0.15, -0.1) is 0 Å². The average Bonchev–Trinajstić information content (AvgIpc) is 3.07. The average molecular weight is 655 g/mol. The highest BCUT2D eigenvalue weighted by Gasteiger charge is 2.32. The lowest BCUT2D eigenvalue weighted by Crippen LogP contribution is -2.55. The number of benzene rings is 2. The van der Waals surface area contributed by atoms with Crippen LogP contribution in [0.4, 0.5) is 5.69 Å². The highest BCUT2D eigenvalue weighted by Crippen LogP contribution is 2.23. The standard InChI is InChI=1S/C37H46N6O5/c1-24-5-9-31-19-29(24)22-40-36(46)32(10-6-26-11-14-39-15-12-26)42-37(47)33(41-34(44)20-28-7-8-30(38)18-25(28)2)21-35(45)43-16-3-4-27(23-43)13-17-48-31/h5,7-9,11-12,14-15,18-19,27,32-33H,3-4,6,10,13,16-17,20-23,38H2,1-2H3,(H,40,46)(H,41,44)(H,42,47)/t27?,32?,33-/m0/s1. The van der Waals surface area contributed by atoms with E-state index < -0.39 is 23.9 Å². The Hall–Kier alpha value is -4.93. The Bertz CT molecular complexity index is 1610. The minimum absolute atomic E-state index is 0.0141. The van der Waals surface area contributed by atoms with Crippen molar-refractivity contribution in [3.8, 4) is 5.75 Å². The normalized spacial score (nSPS) is 20.8. The van der Waals surface area contributed by atoms with E-state index in [9.17, 15) is 19.2 Å². The van der Waals surface area contributed by atoms with Gasteiger partial charge >= 0.3 is 0 Å². The van der Waals surface area contributed by atoms with E-state index in [1.54, 1.807) is 35.5 Å². The van der Waals surface area contributed by atoms with Crippen molar-refractivity contribution in [2.24, 2.45) is 5.92 Å². The summed E-state index contributed by atoms with van der Waals surface area (Å²) in [5.41, 5.74) is 11.0. The van der Waals surface area contributed by atoms with Crippen molar-refractivity contribution in [1.82, 2.24) is 25.8 Å². The highest BCUT2D eigenvalue weighted by molar-refractivity contribution is 5.95. The Morgan fingerprint density at radius 2 is 1.83 bits per heavy atom. The molecule has 2 aromatic carbocycles. The number of hydrogen-bond donors (Lipinski definition) is 4. The first-order valence-corrected chi connectivity index (χ1v) is 16.8. The second kappa shape index (κ2) is 16.3. The summed E-state index contributed by atoms with van der Waals surface area (Å²) in [5, 5.41) is 8.69. The summed E-state index contributed by atoms with van der Waals surface area (Å²) in [5.74, 6) is -0.575. The third-order valence-corrected chi connectivity index (χ3v) is 9.29. The second-order valence-electron chi connectivity index (χ2n) is 12.9. The van der Waals surface area contributed by atoms with Crippen molar-refractivity contribution in [3.05, 3.63) is 88.7 Å². The summed E-state index contributed by atoms with van der Waals surface area (Å²) in [4.78, 5) is 60.5. The molecule has 11 nitrogen and oxygen atoms in total. The maximum Gasteiger partial charge on any atom is 0.243 e. The zero-order valence-electron chi connectivity index (χ0n) is 27.8. The van der Waals surface area contributed by atoms with Crippen molar-refractivity contribution >= 4 is 29.3 Å². The van der Waals surface area contributed by atoms with E-state index in [0.29, 0.717) is 38.2 Å². The predicted octanol–water partition coefficient (Wildman–Crippen LogP) is 3.15. The number of amides is 4. The lowest BCUT2D eigenvalue weighted by Gasteiger charge is -2.34. The second-order valence-corrected chi connectivity index (χ2v) is 12.9. The molecule has 0 saturated carbocycles. The van der Waals surface area contributed by atoms with Gasteiger partial charge in [-0.1, -0.05) is 12.1 Å². The van der Waals surface area contributed by atoms with E-state index in [2.05, 4.69) is 20.9 Å². The molecule has 3 atom stereocenters. The maximum absolute atomic E-state index is 14.0. The number of nitrogens with one attached hydrogen (secondary N) is 3. The topological polar surface area (TPSA) is 156 Å². The molecule has 5 rings (SSSR count). The maximum atomic E-state index is 14.0. The smallest absolute Gasteiger partial charge is 0.243 e. The molecule has 11 heteroatoms. The summed E-state index contributed by atoms with van der Waals surface area (Å²) >= 11 is 0. The SMILES string of the molecule is Cc1ccc2cc1CNC(=O)C(CCc1ccncc1)NC(=O)[C@@H](NC(=O)Cc1ccc(N)cc1C)CC(=O)N1CCCC(CCO2)C1. The number of aryl methyl sites for hydroxylation is 3. The van der Waals surface area contributed by atoms with Gasteiger partial charge in [-0.2, -0.15) is 0 Å². The van der Waals surface area contributed by atoms with Crippen LogP contribution in [0, 0.1) is 19.8 Å². The number of anilines is 1. The molecule has 5 N–H and O–H groups in total. The van der Waals surface area contributed by atoms with Gasteiger partial charge in [0.25, 0.3) is 0 Å². The number of hydrogen-bond acceptors (Lipinski definition) is 7. The van der Waals surface area contributed by atoms with Gasteiger partial charge in [-0.05, 0) is 116 Å². The van der Waals surface area contributed by atoms with Crippen LogP contribution >= 0.6 is 0 Å². The molecule has 0 aliphatic carbocycles. The van der Waals surface area contributed by atoms with Gasteiger partial charge in [0.1, 0.15) is 17.8 Å². The number of rotatable bonds is 6. The van der Waals surface area contributed by atoms with Gasteiger partial charge in [-0.3, -0.25) is 24.2 Å². The fourth-order valence-electron chi connectivity index (χ4n) is 6.35. The van der Waals surface area contributed by atoms with Crippen molar-refractivity contribution in [1.29, 1.82) is 0 Å². The van der Waals surface area contributed by atoms with E-state index in [1.807, 2.05) is 44.2 Å². The summed E-state index contributed by atoms with van der Waals surface area (Å²) in [7, 11) is 0.